The predicted octanol–water partition coefficient (Wildman–Crippen LogP) is 11.3. The summed E-state index contributed by atoms with van der Waals surface area (Å²) in [5, 5.41) is 9.58. The third-order valence-corrected chi connectivity index (χ3v) is 7.96. The molecule has 0 heterocycles. The van der Waals surface area contributed by atoms with Crippen LogP contribution in [0.1, 0.15) is 194 Å². The van der Waals surface area contributed by atoms with Gasteiger partial charge in [0.15, 0.2) is 0 Å². The maximum atomic E-state index is 9.58. The number of aliphatic hydroxyl groups excluding tert-OH is 1. The van der Waals surface area contributed by atoms with E-state index in [0.29, 0.717) is 6.61 Å². The Morgan fingerprint density at radius 3 is 1.14 bits per heavy atom. The number of unbranched alkanes of at least 4 members (excludes halogenated alkanes) is 24. The van der Waals surface area contributed by atoms with E-state index >= 15 is 0 Å². The van der Waals surface area contributed by atoms with Crippen LogP contribution in [0.25, 0.3) is 0 Å². The highest BCUT2D eigenvalue weighted by atomic mass is 16.5. The van der Waals surface area contributed by atoms with Crippen LogP contribution in [-0.2, 0) is 9.47 Å². The van der Waals surface area contributed by atoms with Gasteiger partial charge in [0.2, 0.25) is 0 Å². The van der Waals surface area contributed by atoms with Gasteiger partial charge in [-0.3, -0.25) is 0 Å². The minimum Gasteiger partial charge on any atom is -0.394 e. The average Bonchev–Trinajstić information content (AvgIpc) is 3.00. The lowest BCUT2D eigenvalue weighted by Crippen LogP contribution is -2.24. The van der Waals surface area contributed by atoms with Gasteiger partial charge in [-0.2, -0.15) is 0 Å². The Kier molecular flexibility index (Phi) is 37.1. The second-order valence-corrected chi connectivity index (χ2v) is 12.2. The molecule has 0 aromatic carbocycles. The molecule has 0 saturated heterocycles. The van der Waals surface area contributed by atoms with Crippen molar-refractivity contribution in [2.45, 2.75) is 200 Å². The highest BCUT2D eigenvalue weighted by molar-refractivity contribution is 4.99. The predicted molar refractivity (Wildman–Crippen MR) is 184 cm³/mol. The lowest BCUT2D eigenvalue weighted by atomic mass is 10.1. The summed E-state index contributed by atoms with van der Waals surface area (Å²) in [5.41, 5.74) is 0. The third-order valence-electron chi connectivity index (χ3n) is 7.96. The van der Waals surface area contributed by atoms with Crippen molar-refractivity contribution < 1.29 is 14.6 Å². The third kappa shape index (κ3) is 35.2. The van der Waals surface area contributed by atoms with Gasteiger partial charge in [-0.25, -0.2) is 0 Å². The van der Waals surface area contributed by atoms with Crippen molar-refractivity contribution in [1.29, 1.82) is 0 Å². The van der Waals surface area contributed by atoms with Crippen molar-refractivity contribution in [2.75, 3.05) is 26.4 Å². The molecule has 0 fully saturated rings. The Hall–Kier alpha value is -1.00. The second kappa shape index (κ2) is 38.0. The van der Waals surface area contributed by atoms with Crippen molar-refractivity contribution in [3.63, 3.8) is 0 Å². The number of rotatable bonds is 32. The molecule has 42 heavy (non-hydrogen) atoms. The standard InChI is InChI=1S/C39H72O3/c1-3-5-7-9-11-13-15-17-19-21-23-25-27-29-31-33-35-41-38-39(37-40)42-36-34-32-30-28-26-24-22-20-18-16-14-12-10-8-6-4-2/h39-40H,3-16,21-38H2,1-2H3/t39-/m0/s1. The Morgan fingerprint density at radius 2 is 0.762 bits per heavy atom. The van der Waals surface area contributed by atoms with E-state index in [0.717, 1.165) is 51.7 Å². The first-order valence-electron chi connectivity index (χ1n) is 18.6. The fraction of sp³-hybridized carbons (Fsp3) is 0.897. The minimum absolute atomic E-state index is 0.0434. The summed E-state index contributed by atoms with van der Waals surface area (Å²) >= 11 is 0. The lowest BCUT2D eigenvalue weighted by molar-refractivity contribution is -0.0437. The first-order chi connectivity index (χ1) is 20.8. The van der Waals surface area contributed by atoms with Gasteiger partial charge in [0.05, 0.1) is 13.2 Å². The normalized spacial score (nSPS) is 11.6. The highest BCUT2D eigenvalue weighted by Gasteiger charge is 2.07. The molecule has 0 aliphatic rings. The van der Waals surface area contributed by atoms with Crippen LogP contribution in [0, 0.1) is 23.7 Å². The van der Waals surface area contributed by atoms with Gasteiger partial charge in [0, 0.05) is 38.9 Å². The van der Waals surface area contributed by atoms with Crippen molar-refractivity contribution in [3.8, 4) is 23.7 Å². The molecule has 3 heteroatoms. The summed E-state index contributed by atoms with van der Waals surface area (Å²) in [6, 6.07) is 0. The van der Waals surface area contributed by atoms with Crippen LogP contribution in [0.3, 0.4) is 0 Å². The van der Waals surface area contributed by atoms with Gasteiger partial charge >= 0.3 is 0 Å². The van der Waals surface area contributed by atoms with E-state index in [-0.39, 0.29) is 12.7 Å². The van der Waals surface area contributed by atoms with Gasteiger partial charge in [-0.15, -0.1) is 23.7 Å². The molecule has 0 saturated carbocycles. The molecule has 1 N–H and O–H groups in total. The number of hydrogen-bond donors (Lipinski definition) is 1. The largest absolute Gasteiger partial charge is 0.394 e. The van der Waals surface area contributed by atoms with Crippen LogP contribution < -0.4 is 0 Å². The van der Waals surface area contributed by atoms with E-state index in [9.17, 15) is 5.11 Å². The second-order valence-electron chi connectivity index (χ2n) is 12.2. The van der Waals surface area contributed by atoms with E-state index < -0.39 is 0 Å². The van der Waals surface area contributed by atoms with Crippen molar-refractivity contribution >= 4 is 0 Å². The first-order valence-corrected chi connectivity index (χ1v) is 18.6. The van der Waals surface area contributed by atoms with Gasteiger partial charge in [0.1, 0.15) is 6.10 Å². The molecule has 0 unspecified atom stereocenters. The summed E-state index contributed by atoms with van der Waals surface area (Å²) in [4.78, 5) is 0. The van der Waals surface area contributed by atoms with Gasteiger partial charge in [-0.1, -0.05) is 129 Å². The van der Waals surface area contributed by atoms with Crippen LogP contribution >= 0.6 is 0 Å². The molecule has 0 bridgehead atoms. The molecule has 0 aliphatic heterocycles. The van der Waals surface area contributed by atoms with E-state index in [1.807, 2.05) is 0 Å². The maximum Gasteiger partial charge on any atom is 0.104 e. The molecular weight excluding hydrogens is 516 g/mol. The highest BCUT2D eigenvalue weighted by Crippen LogP contribution is 2.10. The summed E-state index contributed by atoms with van der Waals surface area (Å²) in [6.07, 6.45) is 35.1. The zero-order valence-electron chi connectivity index (χ0n) is 28.5. The van der Waals surface area contributed by atoms with E-state index in [2.05, 4.69) is 37.5 Å². The smallest absolute Gasteiger partial charge is 0.104 e. The topological polar surface area (TPSA) is 38.7 Å². The quantitative estimate of drug-likeness (QED) is 0.0627. The summed E-state index contributed by atoms with van der Waals surface area (Å²) in [7, 11) is 0. The van der Waals surface area contributed by atoms with Gasteiger partial charge in [-0.05, 0) is 38.5 Å². The van der Waals surface area contributed by atoms with Crippen LogP contribution in [0.15, 0.2) is 0 Å². The molecule has 0 aromatic heterocycles. The molecule has 0 rings (SSSR count). The molecule has 246 valence electrons. The maximum absolute atomic E-state index is 9.58. The van der Waals surface area contributed by atoms with E-state index in [4.69, 9.17) is 9.47 Å². The summed E-state index contributed by atoms with van der Waals surface area (Å²) in [6.45, 7) is 6.58. The Labute approximate surface area is 264 Å². The van der Waals surface area contributed by atoms with Crippen molar-refractivity contribution in [2.24, 2.45) is 0 Å². The molecular formula is C39H72O3. The molecule has 0 radical (unpaired) electrons. The molecule has 0 aliphatic carbocycles. The average molecular weight is 589 g/mol. The number of ether oxygens (including phenoxy) is 2. The Balaban J connectivity index is 3.35. The monoisotopic (exact) mass is 589 g/mol. The minimum atomic E-state index is -0.179. The number of hydrogen-bond acceptors (Lipinski definition) is 3. The van der Waals surface area contributed by atoms with Crippen LogP contribution in [0.2, 0.25) is 0 Å². The molecule has 0 amide bonds. The fourth-order valence-electron chi connectivity index (χ4n) is 5.11. The fourth-order valence-corrected chi connectivity index (χ4v) is 5.11. The number of aliphatic hydroxyl groups is 1. The van der Waals surface area contributed by atoms with E-state index in [1.165, 1.54) is 141 Å². The first kappa shape index (κ1) is 41.0. The Bertz CT molecular complexity index is 623. The van der Waals surface area contributed by atoms with Gasteiger partial charge < -0.3 is 14.6 Å². The molecule has 0 aromatic rings. The molecule has 0 spiro atoms. The Morgan fingerprint density at radius 1 is 0.429 bits per heavy atom. The lowest BCUT2D eigenvalue weighted by Gasteiger charge is -2.15. The van der Waals surface area contributed by atoms with Crippen molar-refractivity contribution in [1.82, 2.24) is 0 Å². The van der Waals surface area contributed by atoms with E-state index in [1.54, 1.807) is 0 Å². The van der Waals surface area contributed by atoms with Crippen LogP contribution in [0.5, 0.6) is 0 Å². The molecule has 1 atom stereocenters. The van der Waals surface area contributed by atoms with Crippen LogP contribution in [-0.4, -0.2) is 37.6 Å². The summed E-state index contributed by atoms with van der Waals surface area (Å²) in [5.74, 6) is 13.4. The van der Waals surface area contributed by atoms with Gasteiger partial charge in [0.25, 0.3) is 0 Å². The zero-order chi connectivity index (χ0) is 30.4. The molecule has 3 nitrogen and oxygen atoms in total. The summed E-state index contributed by atoms with van der Waals surface area (Å²) < 4.78 is 11.6. The zero-order valence-corrected chi connectivity index (χ0v) is 28.5. The van der Waals surface area contributed by atoms with Crippen LogP contribution in [0.4, 0.5) is 0 Å². The SMILES string of the molecule is CCCCCCCCC#CCCCCCCCCOC[C@H](CO)OCCCCCCCCC#CCCCCCCCC. The van der Waals surface area contributed by atoms with Crippen molar-refractivity contribution in [3.05, 3.63) is 0 Å².